The summed E-state index contributed by atoms with van der Waals surface area (Å²) in [6.07, 6.45) is 1.14. The van der Waals surface area contributed by atoms with Gasteiger partial charge < -0.3 is 10.0 Å². The first kappa shape index (κ1) is 14.3. The number of nitrogens with one attached hydrogen (secondary N) is 1. The van der Waals surface area contributed by atoms with Crippen LogP contribution in [0.4, 0.5) is 0 Å². The highest BCUT2D eigenvalue weighted by Gasteiger charge is 2.19. The van der Waals surface area contributed by atoms with Gasteiger partial charge in [-0.1, -0.05) is 0 Å². The van der Waals surface area contributed by atoms with Crippen molar-refractivity contribution in [2.75, 3.05) is 13.6 Å². The summed E-state index contributed by atoms with van der Waals surface area (Å²) in [4.78, 5) is 13.0. The van der Waals surface area contributed by atoms with Crippen LogP contribution in [0.1, 0.15) is 33.6 Å². The second kappa shape index (κ2) is 6.05. The van der Waals surface area contributed by atoms with Gasteiger partial charge in [-0.2, -0.15) is 0 Å². The van der Waals surface area contributed by atoms with Crippen LogP contribution in [-0.4, -0.2) is 41.1 Å². The van der Waals surface area contributed by atoms with Crippen LogP contribution in [0.3, 0.4) is 0 Å². The Morgan fingerprint density at radius 2 is 2.13 bits per heavy atom. The minimum atomic E-state index is -0.709. The number of likely N-dealkylation sites (N-methyl/N-ethyl adjacent to an activating group) is 1. The Balaban J connectivity index is 3.89. The lowest BCUT2D eigenvalue weighted by Crippen LogP contribution is -2.41. The van der Waals surface area contributed by atoms with Gasteiger partial charge in [-0.05, 0) is 34.2 Å². The lowest BCUT2D eigenvalue weighted by Gasteiger charge is -2.30. The molecule has 0 aromatic rings. The van der Waals surface area contributed by atoms with Gasteiger partial charge in [0.15, 0.2) is 0 Å². The number of carbonyl (C=O) groups is 1. The number of amides is 1. The molecule has 1 amide bonds. The molecule has 0 bridgehead atoms. The van der Waals surface area contributed by atoms with Crippen molar-refractivity contribution in [3.05, 3.63) is 0 Å². The van der Waals surface area contributed by atoms with E-state index in [4.69, 9.17) is 5.84 Å². The number of aliphatic hydroxyl groups is 1. The molecule has 4 N–H and O–H groups in total. The lowest BCUT2D eigenvalue weighted by molar-refractivity contribution is -0.121. The normalized spacial score (nSPS) is 14.1. The fourth-order valence-electron chi connectivity index (χ4n) is 1.40. The largest absolute Gasteiger partial charge is 0.389 e. The molecule has 0 aromatic heterocycles. The van der Waals surface area contributed by atoms with Crippen LogP contribution in [0.5, 0.6) is 0 Å². The molecule has 1 atom stereocenters. The zero-order valence-electron chi connectivity index (χ0n) is 10.1. The van der Waals surface area contributed by atoms with Gasteiger partial charge in [-0.15, -0.1) is 0 Å². The monoisotopic (exact) mass is 217 g/mol. The second-order valence-corrected chi connectivity index (χ2v) is 4.68. The number of hydrogen-bond donors (Lipinski definition) is 3. The maximum Gasteiger partial charge on any atom is 0.233 e. The summed E-state index contributed by atoms with van der Waals surface area (Å²) in [7, 11) is 1.93. The summed E-state index contributed by atoms with van der Waals surface area (Å²) in [5, 5.41) is 9.62. The van der Waals surface area contributed by atoms with Gasteiger partial charge in [0.2, 0.25) is 5.91 Å². The average Bonchev–Trinajstić information content (AvgIpc) is 2.10. The van der Waals surface area contributed by atoms with E-state index in [0.29, 0.717) is 13.0 Å². The van der Waals surface area contributed by atoms with Crippen molar-refractivity contribution in [2.24, 2.45) is 5.84 Å². The molecule has 0 saturated carbocycles. The summed E-state index contributed by atoms with van der Waals surface area (Å²) in [5.41, 5.74) is 1.39. The molecule has 5 nitrogen and oxygen atoms in total. The van der Waals surface area contributed by atoms with Crippen LogP contribution < -0.4 is 11.3 Å². The standard InChI is InChI=1S/C10H23N3O2/c1-8(5-6-9(14)12-11)13(4)7-10(2,3)15/h8,15H,5-7,11H2,1-4H3,(H,12,14). The van der Waals surface area contributed by atoms with E-state index < -0.39 is 5.60 Å². The smallest absolute Gasteiger partial charge is 0.233 e. The van der Waals surface area contributed by atoms with Crippen LogP contribution in [0.2, 0.25) is 0 Å². The van der Waals surface area contributed by atoms with Gasteiger partial charge >= 0.3 is 0 Å². The highest BCUT2D eigenvalue weighted by atomic mass is 16.3. The van der Waals surface area contributed by atoms with Crippen molar-refractivity contribution in [1.82, 2.24) is 10.3 Å². The van der Waals surface area contributed by atoms with Gasteiger partial charge in [-0.25, -0.2) is 5.84 Å². The molecule has 0 aliphatic heterocycles. The van der Waals surface area contributed by atoms with E-state index in [0.717, 1.165) is 6.42 Å². The van der Waals surface area contributed by atoms with Crippen LogP contribution in [0.15, 0.2) is 0 Å². The Labute approximate surface area is 91.6 Å². The van der Waals surface area contributed by atoms with E-state index in [1.165, 1.54) is 0 Å². The Kier molecular flexibility index (Phi) is 5.79. The average molecular weight is 217 g/mol. The van der Waals surface area contributed by atoms with E-state index in [1.807, 2.05) is 18.9 Å². The first-order chi connectivity index (χ1) is 6.76. The Morgan fingerprint density at radius 3 is 2.53 bits per heavy atom. The van der Waals surface area contributed by atoms with Crippen LogP contribution in [0.25, 0.3) is 0 Å². The zero-order valence-corrected chi connectivity index (χ0v) is 10.1. The minimum Gasteiger partial charge on any atom is -0.389 e. The van der Waals surface area contributed by atoms with Gasteiger partial charge in [-0.3, -0.25) is 10.2 Å². The number of nitrogens with zero attached hydrogens (tertiary/aromatic N) is 1. The van der Waals surface area contributed by atoms with Gasteiger partial charge in [0.05, 0.1) is 5.60 Å². The first-order valence-corrected chi connectivity index (χ1v) is 5.18. The molecule has 0 aromatic carbocycles. The molecular formula is C10H23N3O2. The number of hydrogen-bond acceptors (Lipinski definition) is 4. The maximum atomic E-state index is 10.9. The third-order valence-corrected chi connectivity index (χ3v) is 2.34. The molecule has 0 fully saturated rings. The van der Waals surface area contributed by atoms with Crippen LogP contribution in [-0.2, 0) is 4.79 Å². The molecule has 0 aliphatic rings. The molecule has 0 spiro atoms. The Bertz CT molecular complexity index is 201. The van der Waals surface area contributed by atoms with E-state index >= 15 is 0 Å². The topological polar surface area (TPSA) is 78.6 Å². The molecule has 0 saturated heterocycles. The van der Waals surface area contributed by atoms with Crippen molar-refractivity contribution < 1.29 is 9.90 Å². The minimum absolute atomic E-state index is 0.154. The third-order valence-electron chi connectivity index (χ3n) is 2.34. The van der Waals surface area contributed by atoms with Crippen LogP contribution >= 0.6 is 0 Å². The lowest BCUT2D eigenvalue weighted by atomic mass is 10.1. The Morgan fingerprint density at radius 1 is 1.60 bits per heavy atom. The van der Waals surface area contributed by atoms with Crippen molar-refractivity contribution in [2.45, 2.75) is 45.3 Å². The molecule has 15 heavy (non-hydrogen) atoms. The molecule has 5 heteroatoms. The summed E-state index contributed by atoms with van der Waals surface area (Å²) >= 11 is 0. The van der Waals surface area contributed by atoms with Crippen LogP contribution in [0, 0.1) is 0 Å². The highest BCUT2D eigenvalue weighted by molar-refractivity contribution is 5.75. The fraction of sp³-hybridized carbons (Fsp3) is 0.900. The predicted molar refractivity (Wildman–Crippen MR) is 60.0 cm³/mol. The van der Waals surface area contributed by atoms with Gasteiger partial charge in [0.25, 0.3) is 0 Å². The molecule has 0 radical (unpaired) electrons. The zero-order chi connectivity index (χ0) is 12.1. The van der Waals surface area contributed by atoms with Gasteiger partial charge in [0.1, 0.15) is 0 Å². The van der Waals surface area contributed by atoms with Crippen molar-refractivity contribution in [1.29, 1.82) is 0 Å². The summed E-state index contributed by atoms with van der Waals surface area (Å²) in [6, 6.07) is 0.244. The molecule has 90 valence electrons. The Hall–Kier alpha value is -0.650. The van der Waals surface area contributed by atoms with E-state index in [9.17, 15) is 9.90 Å². The number of rotatable bonds is 6. The van der Waals surface area contributed by atoms with Crippen molar-refractivity contribution >= 4 is 5.91 Å². The quantitative estimate of drug-likeness (QED) is 0.328. The fourth-order valence-corrected chi connectivity index (χ4v) is 1.40. The number of carbonyl (C=O) groups excluding carboxylic acids is 1. The number of hydrazine groups is 1. The second-order valence-electron chi connectivity index (χ2n) is 4.68. The predicted octanol–water partition coefficient (Wildman–Crippen LogP) is -0.152. The SMILES string of the molecule is CC(CCC(=O)NN)N(C)CC(C)(C)O. The van der Waals surface area contributed by atoms with E-state index in [2.05, 4.69) is 5.43 Å². The van der Waals surface area contributed by atoms with Gasteiger partial charge in [0, 0.05) is 19.0 Å². The van der Waals surface area contributed by atoms with Crippen molar-refractivity contribution in [3.8, 4) is 0 Å². The van der Waals surface area contributed by atoms with Crippen molar-refractivity contribution in [3.63, 3.8) is 0 Å². The molecule has 0 rings (SSSR count). The molecule has 0 aliphatic carbocycles. The summed E-state index contributed by atoms with van der Waals surface area (Å²) in [6.45, 7) is 6.14. The molecule has 1 unspecified atom stereocenters. The molecular weight excluding hydrogens is 194 g/mol. The summed E-state index contributed by atoms with van der Waals surface area (Å²) in [5.74, 6) is 4.83. The first-order valence-electron chi connectivity index (χ1n) is 5.18. The van der Waals surface area contributed by atoms with E-state index in [1.54, 1.807) is 13.8 Å². The third kappa shape index (κ3) is 7.30. The number of nitrogens with two attached hydrogens (primary N) is 1. The maximum absolute atomic E-state index is 10.9. The van der Waals surface area contributed by atoms with E-state index in [-0.39, 0.29) is 11.9 Å². The highest BCUT2D eigenvalue weighted by Crippen LogP contribution is 2.09. The summed E-state index contributed by atoms with van der Waals surface area (Å²) < 4.78 is 0. The molecule has 0 heterocycles.